The molecule has 2 atom stereocenters. The van der Waals surface area contributed by atoms with Gasteiger partial charge in [0.15, 0.2) is 0 Å². The third-order valence-corrected chi connectivity index (χ3v) is 3.60. The largest absolute Gasteiger partial charge is 0.497 e. The van der Waals surface area contributed by atoms with Crippen molar-refractivity contribution in [3.8, 4) is 11.8 Å². The van der Waals surface area contributed by atoms with Crippen molar-refractivity contribution >= 4 is 11.7 Å². The summed E-state index contributed by atoms with van der Waals surface area (Å²) in [6, 6.07) is 7.36. The molecule has 0 bridgehead atoms. The van der Waals surface area contributed by atoms with E-state index in [1.807, 2.05) is 11.8 Å². The second-order valence-corrected chi connectivity index (χ2v) is 4.82. The first-order valence-corrected chi connectivity index (χ1v) is 6.12. The first-order valence-electron chi connectivity index (χ1n) is 6.12. The highest BCUT2D eigenvalue weighted by atomic mass is 16.5. The van der Waals surface area contributed by atoms with Crippen LogP contribution in [0.2, 0.25) is 0 Å². The Bertz CT molecular complexity index is 536. The number of nitriles is 1. The minimum absolute atomic E-state index is 0.0650. The molecule has 2 rings (SSSR count). The molecule has 0 saturated carbocycles. The van der Waals surface area contributed by atoms with E-state index in [1.54, 1.807) is 25.3 Å². The van der Waals surface area contributed by atoms with Gasteiger partial charge in [0.2, 0.25) is 0 Å². The van der Waals surface area contributed by atoms with E-state index in [4.69, 9.17) is 15.1 Å². The maximum atomic E-state index is 11.2. The zero-order valence-electron chi connectivity index (χ0n) is 11.0. The van der Waals surface area contributed by atoms with E-state index < -0.39 is 11.9 Å². The molecule has 5 heteroatoms. The second-order valence-electron chi connectivity index (χ2n) is 4.82. The molecule has 100 valence electrons. The third kappa shape index (κ3) is 2.48. The number of hydrogen-bond acceptors (Lipinski definition) is 4. The van der Waals surface area contributed by atoms with E-state index in [2.05, 4.69) is 6.07 Å². The van der Waals surface area contributed by atoms with Crippen molar-refractivity contribution in [2.24, 2.45) is 11.8 Å². The Labute approximate surface area is 112 Å². The summed E-state index contributed by atoms with van der Waals surface area (Å²) in [6.45, 7) is 2.99. The van der Waals surface area contributed by atoms with Crippen molar-refractivity contribution in [2.45, 2.75) is 6.92 Å². The number of aliphatic carboxylic acids is 1. The van der Waals surface area contributed by atoms with E-state index in [9.17, 15) is 4.79 Å². The summed E-state index contributed by atoms with van der Waals surface area (Å²) in [5, 5.41) is 18.3. The van der Waals surface area contributed by atoms with E-state index >= 15 is 0 Å². The number of methoxy groups -OCH3 is 1. The Morgan fingerprint density at radius 2 is 2.26 bits per heavy atom. The van der Waals surface area contributed by atoms with Gasteiger partial charge >= 0.3 is 5.97 Å². The number of benzene rings is 1. The van der Waals surface area contributed by atoms with Crippen molar-refractivity contribution in [2.75, 3.05) is 25.1 Å². The van der Waals surface area contributed by atoms with Crippen LogP contribution < -0.4 is 9.64 Å². The summed E-state index contributed by atoms with van der Waals surface area (Å²) in [4.78, 5) is 13.1. The normalized spacial score (nSPS) is 22.1. The molecule has 1 aromatic carbocycles. The lowest BCUT2D eigenvalue weighted by Gasteiger charge is -2.20. The fourth-order valence-electron chi connectivity index (χ4n) is 2.48. The van der Waals surface area contributed by atoms with Gasteiger partial charge in [0.25, 0.3) is 0 Å². The second kappa shape index (κ2) is 5.19. The summed E-state index contributed by atoms with van der Waals surface area (Å²) < 4.78 is 5.16. The maximum absolute atomic E-state index is 11.2. The van der Waals surface area contributed by atoms with E-state index in [0.29, 0.717) is 24.4 Å². The minimum Gasteiger partial charge on any atom is -0.497 e. The molecule has 0 radical (unpaired) electrons. The monoisotopic (exact) mass is 260 g/mol. The fraction of sp³-hybridized carbons (Fsp3) is 0.429. The minimum atomic E-state index is -0.781. The lowest BCUT2D eigenvalue weighted by Crippen LogP contribution is -2.23. The van der Waals surface area contributed by atoms with Gasteiger partial charge in [-0.1, -0.05) is 6.92 Å². The molecule has 1 heterocycles. The number of carbonyl (C=O) groups is 1. The standard InChI is InChI=1S/C14H16N2O3/c1-9-7-16(8-12(9)14(17)18)13-5-11(19-2)4-3-10(13)6-15/h3-5,9,12H,7-8H2,1-2H3,(H,17,18). The molecule has 1 aliphatic heterocycles. The Hall–Kier alpha value is -2.22. The van der Waals surface area contributed by atoms with Crippen LogP contribution in [-0.2, 0) is 4.79 Å². The van der Waals surface area contributed by atoms with Crippen LogP contribution in [0.4, 0.5) is 5.69 Å². The summed E-state index contributed by atoms with van der Waals surface area (Å²) in [5.41, 5.74) is 1.29. The van der Waals surface area contributed by atoms with Gasteiger partial charge in [-0.25, -0.2) is 0 Å². The molecule has 1 saturated heterocycles. The van der Waals surface area contributed by atoms with Gasteiger partial charge in [0.1, 0.15) is 11.8 Å². The third-order valence-electron chi connectivity index (χ3n) is 3.60. The molecule has 0 amide bonds. The zero-order chi connectivity index (χ0) is 14.0. The number of nitrogens with zero attached hydrogens (tertiary/aromatic N) is 2. The lowest BCUT2D eigenvalue weighted by atomic mass is 9.99. The number of carboxylic acids is 1. The van der Waals surface area contributed by atoms with Gasteiger partial charge < -0.3 is 14.7 Å². The van der Waals surface area contributed by atoms with Crippen LogP contribution in [0, 0.1) is 23.2 Å². The number of rotatable bonds is 3. The molecule has 1 fully saturated rings. The smallest absolute Gasteiger partial charge is 0.308 e. The van der Waals surface area contributed by atoms with Crippen molar-refractivity contribution in [3.05, 3.63) is 23.8 Å². The zero-order valence-corrected chi connectivity index (χ0v) is 11.0. The first kappa shape index (κ1) is 13.2. The molecule has 0 aliphatic carbocycles. The molecule has 19 heavy (non-hydrogen) atoms. The highest BCUT2D eigenvalue weighted by molar-refractivity contribution is 5.73. The van der Waals surface area contributed by atoms with E-state index in [0.717, 1.165) is 5.69 Å². The maximum Gasteiger partial charge on any atom is 0.308 e. The van der Waals surface area contributed by atoms with E-state index in [1.165, 1.54) is 0 Å². The molecule has 1 aromatic rings. The quantitative estimate of drug-likeness (QED) is 0.895. The van der Waals surface area contributed by atoms with Crippen molar-refractivity contribution < 1.29 is 14.6 Å². The van der Waals surface area contributed by atoms with Crippen LogP contribution in [0.5, 0.6) is 5.75 Å². The summed E-state index contributed by atoms with van der Waals surface area (Å²) in [5.74, 6) is -0.440. The predicted octanol–water partition coefficient (Wildman–Crippen LogP) is 1.72. The molecule has 0 spiro atoms. The van der Waals surface area contributed by atoms with E-state index in [-0.39, 0.29) is 5.92 Å². The fourth-order valence-corrected chi connectivity index (χ4v) is 2.48. The molecular formula is C14H16N2O3. The number of anilines is 1. The lowest BCUT2D eigenvalue weighted by molar-refractivity contribution is -0.142. The van der Waals surface area contributed by atoms with Gasteiger partial charge in [0.05, 0.1) is 24.3 Å². The summed E-state index contributed by atoms with van der Waals surface area (Å²) >= 11 is 0. The average Bonchev–Trinajstić information content (AvgIpc) is 2.80. The van der Waals surface area contributed by atoms with Crippen LogP contribution in [-0.4, -0.2) is 31.3 Å². The number of ether oxygens (including phenoxy) is 1. The van der Waals surface area contributed by atoms with Gasteiger partial charge in [0, 0.05) is 19.2 Å². The van der Waals surface area contributed by atoms with Crippen LogP contribution >= 0.6 is 0 Å². The van der Waals surface area contributed by atoms with Crippen LogP contribution in [0.1, 0.15) is 12.5 Å². The molecule has 0 aromatic heterocycles. The van der Waals surface area contributed by atoms with Crippen LogP contribution in [0.15, 0.2) is 18.2 Å². The van der Waals surface area contributed by atoms with Gasteiger partial charge in [-0.15, -0.1) is 0 Å². The first-order chi connectivity index (χ1) is 9.06. The molecule has 5 nitrogen and oxygen atoms in total. The molecule has 1 N–H and O–H groups in total. The highest BCUT2D eigenvalue weighted by Crippen LogP contribution is 2.32. The SMILES string of the molecule is COc1ccc(C#N)c(N2CC(C)C(C(=O)O)C2)c1. The summed E-state index contributed by atoms with van der Waals surface area (Å²) in [6.07, 6.45) is 0. The van der Waals surface area contributed by atoms with Gasteiger partial charge in [-0.2, -0.15) is 5.26 Å². The Balaban J connectivity index is 2.32. The predicted molar refractivity (Wildman–Crippen MR) is 70.2 cm³/mol. The van der Waals surface area contributed by atoms with Crippen LogP contribution in [0.25, 0.3) is 0 Å². The van der Waals surface area contributed by atoms with Crippen molar-refractivity contribution in [3.63, 3.8) is 0 Å². The Morgan fingerprint density at radius 1 is 1.53 bits per heavy atom. The van der Waals surface area contributed by atoms with Gasteiger partial charge in [-0.05, 0) is 18.1 Å². The topological polar surface area (TPSA) is 73.6 Å². The number of hydrogen-bond donors (Lipinski definition) is 1. The van der Waals surface area contributed by atoms with Gasteiger partial charge in [-0.3, -0.25) is 4.79 Å². The highest BCUT2D eigenvalue weighted by Gasteiger charge is 2.35. The Morgan fingerprint density at radius 3 is 2.79 bits per heavy atom. The molecule has 2 unspecified atom stereocenters. The average molecular weight is 260 g/mol. The number of carboxylic acid groups (broad SMARTS) is 1. The molecule has 1 aliphatic rings. The molecular weight excluding hydrogens is 244 g/mol. The Kier molecular flexibility index (Phi) is 3.61. The van der Waals surface area contributed by atoms with Crippen molar-refractivity contribution in [1.29, 1.82) is 5.26 Å². The van der Waals surface area contributed by atoms with Crippen LogP contribution in [0.3, 0.4) is 0 Å². The van der Waals surface area contributed by atoms with Crippen molar-refractivity contribution in [1.82, 2.24) is 0 Å². The summed E-state index contributed by atoms with van der Waals surface area (Å²) in [7, 11) is 1.57.